The Morgan fingerprint density at radius 2 is 2.06 bits per heavy atom. The first-order chi connectivity index (χ1) is 7.31. The summed E-state index contributed by atoms with van der Waals surface area (Å²) in [6.07, 6.45) is -4.53. The highest BCUT2D eigenvalue weighted by Crippen LogP contribution is 2.27. The lowest BCUT2D eigenvalue weighted by atomic mass is 10.2. The number of rotatable bonds is 3. The van der Waals surface area contributed by atoms with Crippen LogP contribution in [0.3, 0.4) is 0 Å². The highest BCUT2D eigenvalue weighted by molar-refractivity contribution is 6.33. The van der Waals surface area contributed by atoms with Gasteiger partial charge in [-0.15, -0.1) is 0 Å². The molecule has 0 aromatic heterocycles. The molecular formula is C9H6ClF3O3. The first-order valence-electron chi connectivity index (χ1n) is 4.02. The van der Waals surface area contributed by atoms with E-state index < -0.39 is 30.1 Å². The van der Waals surface area contributed by atoms with E-state index in [0.29, 0.717) is 0 Å². The molecule has 88 valence electrons. The third-order valence-electron chi connectivity index (χ3n) is 1.58. The van der Waals surface area contributed by atoms with E-state index in [1.54, 1.807) is 0 Å². The number of carboxylic acids is 1. The van der Waals surface area contributed by atoms with E-state index in [0.717, 1.165) is 6.07 Å². The largest absolute Gasteiger partial charge is 0.483 e. The molecule has 16 heavy (non-hydrogen) atoms. The van der Waals surface area contributed by atoms with Crippen molar-refractivity contribution in [2.24, 2.45) is 0 Å². The van der Waals surface area contributed by atoms with Gasteiger partial charge in [0, 0.05) is 0 Å². The molecule has 0 aliphatic carbocycles. The third-order valence-corrected chi connectivity index (χ3v) is 1.90. The van der Waals surface area contributed by atoms with E-state index >= 15 is 0 Å². The van der Waals surface area contributed by atoms with Crippen LogP contribution in [0.2, 0.25) is 5.02 Å². The fourth-order valence-electron chi connectivity index (χ4n) is 0.992. The molecular weight excluding hydrogens is 249 g/mol. The minimum atomic E-state index is -4.53. The van der Waals surface area contributed by atoms with E-state index in [9.17, 15) is 18.0 Å². The molecule has 0 spiro atoms. The van der Waals surface area contributed by atoms with Crippen LogP contribution in [-0.4, -0.2) is 23.9 Å². The lowest BCUT2D eigenvalue weighted by Gasteiger charge is -2.11. The number of halogens is 4. The number of ether oxygens (including phenoxy) is 1. The highest BCUT2D eigenvalue weighted by Gasteiger charge is 2.29. The van der Waals surface area contributed by atoms with E-state index in [2.05, 4.69) is 4.74 Å². The second kappa shape index (κ2) is 4.61. The predicted octanol–water partition coefficient (Wildman–Crippen LogP) is 2.98. The second-order valence-corrected chi connectivity index (χ2v) is 3.23. The van der Waals surface area contributed by atoms with Crippen LogP contribution in [0.4, 0.5) is 13.2 Å². The first-order valence-corrected chi connectivity index (χ1v) is 4.40. The minimum absolute atomic E-state index is 0.174. The number of hydrogen-bond acceptors (Lipinski definition) is 2. The maximum Gasteiger partial charge on any atom is 0.422 e. The second-order valence-electron chi connectivity index (χ2n) is 2.82. The Balaban J connectivity index is 2.96. The maximum atomic E-state index is 11.9. The minimum Gasteiger partial charge on any atom is -0.483 e. The molecule has 0 bridgehead atoms. The number of aromatic carboxylic acids is 1. The molecule has 0 atom stereocenters. The average Bonchev–Trinajstić information content (AvgIpc) is 2.12. The van der Waals surface area contributed by atoms with Gasteiger partial charge < -0.3 is 9.84 Å². The number of hydrogen-bond donors (Lipinski definition) is 1. The van der Waals surface area contributed by atoms with Gasteiger partial charge in [-0.25, -0.2) is 4.79 Å². The fraction of sp³-hybridized carbons (Fsp3) is 0.222. The molecule has 0 aliphatic heterocycles. The van der Waals surface area contributed by atoms with Gasteiger partial charge in [-0.1, -0.05) is 17.7 Å². The van der Waals surface area contributed by atoms with Crippen molar-refractivity contribution >= 4 is 17.6 Å². The van der Waals surface area contributed by atoms with Crippen molar-refractivity contribution in [1.29, 1.82) is 0 Å². The molecule has 1 aromatic carbocycles. The molecule has 1 rings (SSSR count). The molecule has 0 radical (unpaired) electrons. The monoisotopic (exact) mass is 254 g/mol. The van der Waals surface area contributed by atoms with Crippen molar-refractivity contribution < 1.29 is 27.8 Å². The van der Waals surface area contributed by atoms with Gasteiger partial charge in [0.2, 0.25) is 0 Å². The number of carboxylic acid groups (broad SMARTS) is 1. The van der Waals surface area contributed by atoms with Crippen molar-refractivity contribution in [1.82, 2.24) is 0 Å². The smallest absolute Gasteiger partial charge is 0.422 e. The zero-order valence-electron chi connectivity index (χ0n) is 7.71. The molecule has 0 heterocycles. The van der Waals surface area contributed by atoms with E-state index in [1.807, 2.05) is 0 Å². The van der Waals surface area contributed by atoms with Gasteiger partial charge in [-0.3, -0.25) is 0 Å². The summed E-state index contributed by atoms with van der Waals surface area (Å²) in [6.45, 7) is -1.56. The Morgan fingerprint density at radius 3 is 2.56 bits per heavy atom. The van der Waals surface area contributed by atoms with Crippen LogP contribution in [0.1, 0.15) is 10.4 Å². The summed E-state index contributed by atoms with van der Waals surface area (Å²) in [4.78, 5) is 10.7. The number of carbonyl (C=O) groups is 1. The van der Waals surface area contributed by atoms with Crippen molar-refractivity contribution in [3.63, 3.8) is 0 Å². The average molecular weight is 255 g/mol. The third kappa shape index (κ3) is 3.30. The molecule has 1 N–H and O–H groups in total. The highest BCUT2D eigenvalue weighted by atomic mass is 35.5. The van der Waals surface area contributed by atoms with Gasteiger partial charge in [0.25, 0.3) is 0 Å². The summed E-state index contributed by atoms with van der Waals surface area (Å²) in [5.74, 6) is -1.85. The zero-order chi connectivity index (χ0) is 12.3. The Labute approximate surface area is 93.4 Å². The van der Waals surface area contributed by atoms with Crippen LogP contribution in [-0.2, 0) is 0 Å². The van der Waals surface area contributed by atoms with Gasteiger partial charge in [-0.05, 0) is 12.1 Å². The van der Waals surface area contributed by atoms with E-state index in [-0.39, 0.29) is 5.02 Å². The molecule has 0 fully saturated rings. The SMILES string of the molecule is O=C(O)c1c(Cl)cccc1OCC(F)(F)F. The Kier molecular flexibility index (Phi) is 3.64. The molecule has 1 aromatic rings. The topological polar surface area (TPSA) is 46.5 Å². The summed E-state index contributed by atoms with van der Waals surface area (Å²) < 4.78 is 40.0. The fourth-order valence-corrected chi connectivity index (χ4v) is 1.24. The molecule has 0 saturated heterocycles. The van der Waals surface area contributed by atoms with Crippen LogP contribution in [0.15, 0.2) is 18.2 Å². The first kappa shape index (κ1) is 12.6. The summed E-state index contributed by atoms with van der Waals surface area (Å²) in [5, 5.41) is 8.56. The summed E-state index contributed by atoms with van der Waals surface area (Å²) in [7, 11) is 0. The molecule has 0 unspecified atom stereocenters. The quantitative estimate of drug-likeness (QED) is 0.902. The van der Waals surface area contributed by atoms with Crippen molar-refractivity contribution in [3.8, 4) is 5.75 Å². The Hall–Kier alpha value is -1.43. The van der Waals surface area contributed by atoms with Gasteiger partial charge in [0.15, 0.2) is 6.61 Å². The van der Waals surface area contributed by atoms with Gasteiger partial charge in [-0.2, -0.15) is 13.2 Å². The van der Waals surface area contributed by atoms with Crippen molar-refractivity contribution in [2.75, 3.05) is 6.61 Å². The molecule has 3 nitrogen and oxygen atoms in total. The van der Waals surface area contributed by atoms with E-state index in [1.165, 1.54) is 12.1 Å². The van der Waals surface area contributed by atoms with Crippen LogP contribution in [0, 0.1) is 0 Å². The van der Waals surface area contributed by atoms with Crippen LogP contribution < -0.4 is 4.74 Å². The van der Waals surface area contributed by atoms with Crippen molar-refractivity contribution in [3.05, 3.63) is 28.8 Å². The Bertz CT molecular complexity index is 403. The Morgan fingerprint density at radius 1 is 1.44 bits per heavy atom. The summed E-state index contributed by atoms with van der Waals surface area (Å²) >= 11 is 5.53. The van der Waals surface area contributed by atoms with Crippen LogP contribution in [0.5, 0.6) is 5.75 Å². The molecule has 0 aliphatic rings. The van der Waals surface area contributed by atoms with Crippen LogP contribution in [0.25, 0.3) is 0 Å². The number of alkyl halides is 3. The van der Waals surface area contributed by atoms with Crippen LogP contribution >= 0.6 is 11.6 Å². The van der Waals surface area contributed by atoms with Gasteiger partial charge in [0.1, 0.15) is 11.3 Å². The molecule has 0 amide bonds. The zero-order valence-corrected chi connectivity index (χ0v) is 8.47. The van der Waals surface area contributed by atoms with Gasteiger partial charge >= 0.3 is 12.1 Å². The summed E-state index contributed by atoms with van der Waals surface area (Å²) in [6, 6.07) is 3.67. The van der Waals surface area contributed by atoms with Gasteiger partial charge in [0.05, 0.1) is 5.02 Å². The lowest BCUT2D eigenvalue weighted by Crippen LogP contribution is -2.20. The molecule has 0 saturated carbocycles. The van der Waals surface area contributed by atoms with E-state index in [4.69, 9.17) is 16.7 Å². The summed E-state index contributed by atoms with van der Waals surface area (Å²) in [5.41, 5.74) is -0.478. The van der Waals surface area contributed by atoms with Crippen molar-refractivity contribution in [2.45, 2.75) is 6.18 Å². The number of benzene rings is 1. The molecule has 7 heteroatoms. The lowest BCUT2D eigenvalue weighted by molar-refractivity contribution is -0.153. The normalized spacial score (nSPS) is 11.2. The predicted molar refractivity (Wildman–Crippen MR) is 50.0 cm³/mol. The maximum absolute atomic E-state index is 11.9. The standard InChI is InChI=1S/C9H6ClF3O3/c10-5-2-1-3-6(7(5)8(14)15)16-4-9(11,12)13/h1-3H,4H2,(H,14,15).